The first-order valence-corrected chi connectivity index (χ1v) is 11.8. The minimum atomic E-state index is 0.971. The maximum absolute atomic E-state index is 5.38. The van der Waals surface area contributed by atoms with Crippen molar-refractivity contribution in [2.24, 2.45) is 5.10 Å². The van der Waals surface area contributed by atoms with Gasteiger partial charge in [0, 0.05) is 11.1 Å². The summed E-state index contributed by atoms with van der Waals surface area (Å²) < 4.78 is 0. The number of hydrazone groups is 1. The van der Waals surface area contributed by atoms with Crippen molar-refractivity contribution in [2.45, 2.75) is 0 Å². The Balaban J connectivity index is 1.66. The zero-order valence-corrected chi connectivity index (χ0v) is 19.3. The molecule has 5 aromatic carbocycles. The number of anilines is 2. The summed E-state index contributed by atoms with van der Waals surface area (Å²) in [6, 6.07) is 50.5. The molecule has 1 aliphatic rings. The van der Waals surface area contributed by atoms with Crippen LogP contribution >= 0.6 is 0 Å². The largest absolute Gasteiger partial charge is 0.233 e. The van der Waals surface area contributed by atoms with Crippen LogP contribution in [0.2, 0.25) is 0 Å². The molecule has 0 radical (unpaired) electrons. The van der Waals surface area contributed by atoms with Crippen LogP contribution < -0.4 is 5.01 Å². The Hall–Kier alpha value is -4.69. The van der Waals surface area contributed by atoms with E-state index < -0.39 is 0 Å². The zero-order chi connectivity index (χ0) is 23.5. The number of fused-ring (bicyclic) bond motifs is 1. The molecule has 0 saturated heterocycles. The number of rotatable bonds is 5. The first-order chi connectivity index (χ1) is 17.4. The van der Waals surface area contributed by atoms with E-state index >= 15 is 0 Å². The van der Waals surface area contributed by atoms with Crippen LogP contribution in [0, 0.1) is 0 Å². The molecule has 1 aliphatic carbocycles. The zero-order valence-electron chi connectivity index (χ0n) is 19.3. The van der Waals surface area contributed by atoms with Crippen LogP contribution in [0.3, 0.4) is 0 Å². The lowest BCUT2D eigenvalue weighted by molar-refractivity contribution is 1.09. The smallest absolute Gasteiger partial charge is 0.100 e. The molecule has 0 atom stereocenters. The monoisotopic (exact) mass is 448 g/mol. The van der Waals surface area contributed by atoms with Crippen LogP contribution in [0.1, 0.15) is 22.3 Å². The SMILES string of the molecule is c1ccc(C2=C(c3ccccc3)c3ccccc3C2=NN(c2ccccc2)c2ccccc2)cc1. The van der Waals surface area contributed by atoms with E-state index in [0.29, 0.717) is 0 Å². The Morgan fingerprint density at radius 3 is 1.29 bits per heavy atom. The van der Waals surface area contributed by atoms with Gasteiger partial charge in [0.05, 0.1) is 11.4 Å². The van der Waals surface area contributed by atoms with Gasteiger partial charge in [0.2, 0.25) is 0 Å². The van der Waals surface area contributed by atoms with Gasteiger partial charge in [0.1, 0.15) is 5.71 Å². The quantitative estimate of drug-likeness (QED) is 0.247. The molecule has 2 heteroatoms. The molecule has 0 unspecified atom stereocenters. The van der Waals surface area contributed by atoms with E-state index in [4.69, 9.17) is 5.10 Å². The number of nitrogens with zero attached hydrogens (tertiary/aromatic N) is 2. The van der Waals surface area contributed by atoms with E-state index in [1.54, 1.807) is 0 Å². The molecule has 0 heterocycles. The van der Waals surface area contributed by atoms with Gasteiger partial charge in [0.15, 0.2) is 0 Å². The number of hydrogen-bond donors (Lipinski definition) is 0. The number of benzene rings is 5. The molecule has 5 aromatic rings. The highest BCUT2D eigenvalue weighted by Crippen LogP contribution is 2.43. The van der Waals surface area contributed by atoms with Crippen LogP contribution in [-0.2, 0) is 0 Å². The molecule has 6 rings (SSSR count). The lowest BCUT2D eigenvalue weighted by Gasteiger charge is -2.21. The Bertz CT molecular complexity index is 1460. The first kappa shape index (κ1) is 20.9. The molecule has 0 saturated carbocycles. The maximum atomic E-state index is 5.38. The molecule has 166 valence electrons. The van der Waals surface area contributed by atoms with Crippen molar-refractivity contribution in [1.82, 2.24) is 0 Å². The van der Waals surface area contributed by atoms with E-state index in [0.717, 1.165) is 33.8 Å². The lowest BCUT2D eigenvalue weighted by atomic mass is 9.94. The molecule has 35 heavy (non-hydrogen) atoms. The summed E-state index contributed by atoms with van der Waals surface area (Å²) in [7, 11) is 0. The molecule has 0 fully saturated rings. The topological polar surface area (TPSA) is 15.6 Å². The molecule has 0 aromatic heterocycles. The summed E-state index contributed by atoms with van der Waals surface area (Å²) in [5, 5.41) is 7.43. The van der Waals surface area contributed by atoms with Gasteiger partial charge in [-0.25, -0.2) is 5.01 Å². The van der Waals surface area contributed by atoms with Crippen molar-refractivity contribution >= 4 is 28.2 Å². The van der Waals surface area contributed by atoms with E-state index in [-0.39, 0.29) is 0 Å². The van der Waals surface area contributed by atoms with Gasteiger partial charge in [-0.2, -0.15) is 5.10 Å². The third-order valence-corrected chi connectivity index (χ3v) is 6.26. The van der Waals surface area contributed by atoms with Crippen LogP contribution in [0.25, 0.3) is 11.1 Å². The molecule has 0 amide bonds. The summed E-state index contributed by atoms with van der Waals surface area (Å²) in [5.74, 6) is 0. The second-order valence-corrected chi connectivity index (χ2v) is 8.46. The predicted octanol–water partition coefficient (Wildman–Crippen LogP) is 8.20. The van der Waals surface area contributed by atoms with Crippen molar-refractivity contribution < 1.29 is 0 Å². The minimum absolute atomic E-state index is 0.971. The van der Waals surface area contributed by atoms with Crippen molar-refractivity contribution in [3.63, 3.8) is 0 Å². The van der Waals surface area contributed by atoms with Gasteiger partial charge in [-0.05, 0) is 46.5 Å². The summed E-state index contributed by atoms with van der Waals surface area (Å²) >= 11 is 0. The fourth-order valence-electron chi connectivity index (χ4n) is 4.69. The fourth-order valence-corrected chi connectivity index (χ4v) is 4.69. The molecule has 2 nitrogen and oxygen atoms in total. The van der Waals surface area contributed by atoms with Crippen molar-refractivity contribution in [2.75, 3.05) is 5.01 Å². The summed E-state index contributed by atoms with van der Waals surface area (Å²) in [6.45, 7) is 0. The molecular formula is C33H24N2. The van der Waals surface area contributed by atoms with Crippen molar-refractivity contribution in [1.29, 1.82) is 0 Å². The third-order valence-electron chi connectivity index (χ3n) is 6.26. The standard InChI is InChI=1S/C33H24N2/c1-5-15-25(16-6-1)31-29-23-13-14-24-30(29)33(32(31)26-17-7-2-8-18-26)34-35(27-19-9-3-10-20-27)28-21-11-4-12-22-28/h1-24H. The molecule has 0 spiro atoms. The lowest BCUT2D eigenvalue weighted by Crippen LogP contribution is -2.14. The van der Waals surface area contributed by atoms with Gasteiger partial charge in [-0.3, -0.25) is 0 Å². The second-order valence-electron chi connectivity index (χ2n) is 8.46. The highest BCUT2D eigenvalue weighted by molar-refractivity contribution is 6.43. The van der Waals surface area contributed by atoms with Crippen molar-refractivity contribution in [3.8, 4) is 0 Å². The fraction of sp³-hybridized carbons (Fsp3) is 0. The summed E-state index contributed by atoms with van der Waals surface area (Å²) in [5.41, 5.74) is 10.1. The third kappa shape index (κ3) is 3.96. The van der Waals surface area contributed by atoms with Crippen LogP contribution in [0.5, 0.6) is 0 Å². The highest BCUT2D eigenvalue weighted by Gasteiger charge is 2.30. The molecule has 0 N–H and O–H groups in total. The predicted molar refractivity (Wildman–Crippen MR) is 147 cm³/mol. The van der Waals surface area contributed by atoms with Crippen LogP contribution in [-0.4, -0.2) is 5.71 Å². The van der Waals surface area contributed by atoms with Crippen LogP contribution in [0.15, 0.2) is 151 Å². The van der Waals surface area contributed by atoms with Crippen LogP contribution in [0.4, 0.5) is 11.4 Å². The van der Waals surface area contributed by atoms with Gasteiger partial charge >= 0.3 is 0 Å². The summed E-state index contributed by atoms with van der Waals surface area (Å²) in [4.78, 5) is 0. The second kappa shape index (κ2) is 9.28. The average Bonchev–Trinajstić information content (AvgIpc) is 3.27. The van der Waals surface area contributed by atoms with E-state index in [1.165, 1.54) is 16.7 Å². The van der Waals surface area contributed by atoms with Gasteiger partial charge in [-0.1, -0.05) is 121 Å². The van der Waals surface area contributed by atoms with E-state index in [9.17, 15) is 0 Å². The summed E-state index contributed by atoms with van der Waals surface area (Å²) in [6.07, 6.45) is 0. The van der Waals surface area contributed by atoms with E-state index in [1.807, 2.05) is 17.1 Å². The number of para-hydroxylation sites is 2. The normalized spacial score (nSPS) is 13.7. The highest BCUT2D eigenvalue weighted by atomic mass is 15.5. The molecule has 0 aliphatic heterocycles. The Kier molecular flexibility index (Phi) is 5.54. The Morgan fingerprint density at radius 1 is 0.371 bits per heavy atom. The maximum Gasteiger partial charge on any atom is 0.100 e. The van der Waals surface area contributed by atoms with Gasteiger partial charge in [0.25, 0.3) is 0 Å². The minimum Gasteiger partial charge on any atom is -0.233 e. The first-order valence-electron chi connectivity index (χ1n) is 11.8. The average molecular weight is 449 g/mol. The van der Waals surface area contributed by atoms with Gasteiger partial charge < -0.3 is 0 Å². The molecular weight excluding hydrogens is 424 g/mol. The number of hydrogen-bond acceptors (Lipinski definition) is 2. The van der Waals surface area contributed by atoms with Gasteiger partial charge in [-0.15, -0.1) is 0 Å². The molecule has 0 bridgehead atoms. The number of allylic oxidation sites excluding steroid dienone is 1. The van der Waals surface area contributed by atoms with E-state index in [2.05, 4.69) is 133 Å². The van der Waals surface area contributed by atoms with Crippen molar-refractivity contribution in [3.05, 3.63) is 168 Å². The Labute approximate surface area is 206 Å². The Morgan fingerprint density at radius 2 is 0.771 bits per heavy atom.